The van der Waals surface area contributed by atoms with Crippen LogP contribution in [0.4, 0.5) is 0 Å². The quantitative estimate of drug-likeness (QED) is 0.739. The minimum atomic E-state index is -0.148. The molecule has 1 N–H and O–H groups in total. The molecular weight excluding hydrogens is 364 g/mol. The third-order valence-corrected chi connectivity index (χ3v) is 5.36. The lowest BCUT2D eigenvalue weighted by Gasteiger charge is -2.23. The zero-order chi connectivity index (χ0) is 20.4. The maximum atomic E-state index is 12.5. The van der Waals surface area contributed by atoms with E-state index in [4.69, 9.17) is 0 Å². The third kappa shape index (κ3) is 4.14. The number of carbonyl (C=O) groups excluding carboxylic acids is 1. The second-order valence-electron chi connectivity index (χ2n) is 7.51. The van der Waals surface area contributed by atoms with Crippen LogP contribution in [0.3, 0.4) is 0 Å². The van der Waals surface area contributed by atoms with Gasteiger partial charge in [0.1, 0.15) is 5.82 Å². The van der Waals surface area contributed by atoms with Crippen molar-refractivity contribution in [3.63, 3.8) is 0 Å². The van der Waals surface area contributed by atoms with E-state index in [1.165, 1.54) is 5.56 Å². The molecule has 1 aromatic carbocycles. The van der Waals surface area contributed by atoms with Crippen molar-refractivity contribution < 1.29 is 4.79 Å². The Balaban J connectivity index is 1.42. The van der Waals surface area contributed by atoms with Gasteiger partial charge in [-0.1, -0.05) is 12.1 Å². The molecule has 0 aliphatic carbocycles. The lowest BCUT2D eigenvalue weighted by atomic mass is 10.0. The average molecular weight is 388 g/mol. The lowest BCUT2D eigenvalue weighted by Crippen LogP contribution is -2.29. The van der Waals surface area contributed by atoms with Gasteiger partial charge in [0.25, 0.3) is 5.91 Å². The molecule has 7 nitrogen and oxygen atoms in total. The number of nitrogens with zero attached hydrogens (tertiary/aromatic N) is 5. The van der Waals surface area contributed by atoms with E-state index < -0.39 is 0 Å². The van der Waals surface area contributed by atoms with E-state index in [9.17, 15) is 4.79 Å². The normalized spacial score (nSPS) is 13.8. The molecule has 0 unspecified atom stereocenters. The van der Waals surface area contributed by atoms with Crippen LogP contribution >= 0.6 is 0 Å². The summed E-state index contributed by atoms with van der Waals surface area (Å²) in [5.74, 6) is 0.494. The number of benzene rings is 1. The molecule has 1 amide bonds. The first-order valence-corrected chi connectivity index (χ1v) is 9.71. The van der Waals surface area contributed by atoms with Gasteiger partial charge in [0.05, 0.1) is 18.4 Å². The van der Waals surface area contributed by atoms with E-state index in [-0.39, 0.29) is 5.91 Å². The van der Waals surface area contributed by atoms with Crippen LogP contribution in [0.5, 0.6) is 0 Å². The molecule has 0 atom stereocenters. The maximum Gasteiger partial charge on any atom is 0.251 e. The van der Waals surface area contributed by atoms with Gasteiger partial charge in [-0.25, -0.2) is 9.97 Å². The van der Waals surface area contributed by atoms with Crippen molar-refractivity contribution in [1.29, 1.82) is 0 Å². The fourth-order valence-corrected chi connectivity index (χ4v) is 3.43. The molecule has 0 bridgehead atoms. The number of nitrogens with one attached hydrogen (secondary N) is 1. The summed E-state index contributed by atoms with van der Waals surface area (Å²) in [6.07, 6.45) is 4.54. The molecule has 7 heteroatoms. The predicted molar refractivity (Wildman–Crippen MR) is 110 cm³/mol. The van der Waals surface area contributed by atoms with Crippen LogP contribution < -0.4 is 5.32 Å². The molecule has 3 aromatic rings. The third-order valence-electron chi connectivity index (χ3n) is 5.36. The van der Waals surface area contributed by atoms with Gasteiger partial charge in [0.2, 0.25) is 0 Å². The largest absolute Gasteiger partial charge is 0.345 e. The summed E-state index contributed by atoms with van der Waals surface area (Å²) in [6, 6.07) is 7.41. The highest BCUT2D eigenvalue weighted by molar-refractivity contribution is 5.94. The van der Waals surface area contributed by atoms with Crippen molar-refractivity contribution in [2.75, 3.05) is 13.6 Å². The fourth-order valence-electron chi connectivity index (χ4n) is 3.43. The maximum absolute atomic E-state index is 12.5. The minimum Gasteiger partial charge on any atom is -0.345 e. The molecule has 0 radical (unpaired) electrons. The number of hydrogen-bond acceptors (Lipinski definition) is 6. The van der Waals surface area contributed by atoms with Gasteiger partial charge in [-0.3, -0.25) is 4.79 Å². The number of hydrogen-bond donors (Lipinski definition) is 1. The van der Waals surface area contributed by atoms with E-state index in [1.54, 1.807) is 18.3 Å². The van der Waals surface area contributed by atoms with E-state index in [2.05, 4.69) is 37.4 Å². The highest BCUT2D eigenvalue weighted by Gasteiger charge is 2.16. The highest BCUT2D eigenvalue weighted by atomic mass is 16.1. The summed E-state index contributed by atoms with van der Waals surface area (Å²) in [4.78, 5) is 23.8. The molecule has 0 saturated carbocycles. The van der Waals surface area contributed by atoms with Crippen molar-refractivity contribution >= 4 is 5.91 Å². The molecule has 1 aliphatic heterocycles. The van der Waals surface area contributed by atoms with Crippen LogP contribution in [-0.2, 0) is 19.5 Å². The Hall–Kier alpha value is -3.19. The average Bonchev–Trinajstić information content (AvgIpc) is 2.74. The fraction of sp³-hybridized carbons (Fsp3) is 0.318. The van der Waals surface area contributed by atoms with E-state index in [0.29, 0.717) is 17.9 Å². The van der Waals surface area contributed by atoms with Crippen LogP contribution in [0.15, 0.2) is 36.7 Å². The topological polar surface area (TPSA) is 83.9 Å². The molecule has 1 aliphatic rings. The Morgan fingerprint density at radius 1 is 1.17 bits per heavy atom. The smallest absolute Gasteiger partial charge is 0.251 e. The first-order valence-electron chi connectivity index (χ1n) is 9.71. The zero-order valence-electron chi connectivity index (χ0n) is 16.9. The standard InChI is InChI=1S/C22H24N6O/c1-14-10-25-27-21(15(14)2)16-4-6-17(7-5-16)22(29)24-12-20-23-11-18-13-28(3)9-8-19(18)26-20/h4-7,10-11H,8-9,12-13H2,1-3H3,(H,24,29). The molecular formula is C22H24N6O. The van der Waals surface area contributed by atoms with Crippen molar-refractivity contribution in [3.05, 3.63) is 70.4 Å². The molecule has 29 heavy (non-hydrogen) atoms. The first-order chi connectivity index (χ1) is 14.0. The molecule has 148 valence electrons. The second kappa shape index (κ2) is 8.05. The van der Waals surface area contributed by atoms with Crippen molar-refractivity contribution in [1.82, 2.24) is 30.4 Å². The van der Waals surface area contributed by atoms with E-state index in [1.807, 2.05) is 32.2 Å². The summed E-state index contributed by atoms with van der Waals surface area (Å²) < 4.78 is 0. The second-order valence-corrected chi connectivity index (χ2v) is 7.51. The number of fused-ring (bicyclic) bond motifs is 1. The number of carbonyl (C=O) groups is 1. The van der Waals surface area contributed by atoms with Gasteiger partial charge < -0.3 is 10.2 Å². The molecule has 0 spiro atoms. The predicted octanol–water partition coefficient (Wildman–Crippen LogP) is 2.47. The Morgan fingerprint density at radius 2 is 1.97 bits per heavy atom. The van der Waals surface area contributed by atoms with Crippen LogP contribution in [0.25, 0.3) is 11.3 Å². The van der Waals surface area contributed by atoms with Gasteiger partial charge in [-0.05, 0) is 44.2 Å². The Bertz CT molecular complexity index is 1050. The number of aryl methyl sites for hydroxylation is 1. The molecule has 2 aromatic heterocycles. The Kier molecular flexibility index (Phi) is 5.31. The monoisotopic (exact) mass is 388 g/mol. The molecule has 4 rings (SSSR count). The number of amides is 1. The molecule has 0 fully saturated rings. The van der Waals surface area contributed by atoms with Gasteiger partial charge in [0.15, 0.2) is 0 Å². The van der Waals surface area contributed by atoms with Gasteiger partial charge in [-0.15, -0.1) is 0 Å². The van der Waals surface area contributed by atoms with Gasteiger partial charge in [-0.2, -0.15) is 10.2 Å². The number of aromatic nitrogens is 4. The minimum absolute atomic E-state index is 0.148. The van der Waals surface area contributed by atoms with Crippen molar-refractivity contribution in [3.8, 4) is 11.3 Å². The molecule has 0 saturated heterocycles. The number of rotatable bonds is 4. The number of likely N-dealkylation sites (N-methyl/N-ethyl adjacent to an activating group) is 1. The van der Waals surface area contributed by atoms with Crippen LogP contribution in [0.2, 0.25) is 0 Å². The first kappa shape index (κ1) is 19.1. The van der Waals surface area contributed by atoms with Crippen LogP contribution in [0, 0.1) is 13.8 Å². The Morgan fingerprint density at radius 3 is 2.76 bits per heavy atom. The highest BCUT2D eigenvalue weighted by Crippen LogP contribution is 2.22. The zero-order valence-corrected chi connectivity index (χ0v) is 16.9. The lowest BCUT2D eigenvalue weighted by molar-refractivity contribution is 0.0950. The van der Waals surface area contributed by atoms with Gasteiger partial charge in [0, 0.05) is 48.1 Å². The van der Waals surface area contributed by atoms with Crippen LogP contribution in [-0.4, -0.2) is 44.6 Å². The van der Waals surface area contributed by atoms with Crippen LogP contribution in [0.1, 0.15) is 38.6 Å². The summed E-state index contributed by atoms with van der Waals surface area (Å²) >= 11 is 0. The van der Waals surface area contributed by atoms with Crippen molar-refractivity contribution in [2.45, 2.75) is 33.4 Å². The Labute approximate surface area is 170 Å². The van der Waals surface area contributed by atoms with E-state index >= 15 is 0 Å². The van der Waals surface area contributed by atoms with Crippen molar-refractivity contribution in [2.24, 2.45) is 0 Å². The van der Waals surface area contributed by atoms with Gasteiger partial charge >= 0.3 is 0 Å². The van der Waals surface area contributed by atoms with E-state index in [0.717, 1.165) is 47.6 Å². The summed E-state index contributed by atoms with van der Waals surface area (Å²) in [6.45, 7) is 6.21. The summed E-state index contributed by atoms with van der Waals surface area (Å²) in [7, 11) is 2.09. The summed E-state index contributed by atoms with van der Waals surface area (Å²) in [5, 5.41) is 11.2. The SMILES string of the molecule is Cc1cnnc(-c2ccc(C(=O)NCc3ncc4c(n3)CCN(C)C4)cc2)c1C. The summed E-state index contributed by atoms with van der Waals surface area (Å²) in [5.41, 5.74) is 6.80. The molecule has 3 heterocycles.